The van der Waals surface area contributed by atoms with E-state index in [1.54, 1.807) is 6.07 Å². The third-order valence-corrected chi connectivity index (χ3v) is 4.90. The molecule has 0 saturated carbocycles. The number of hydrogen-bond donors (Lipinski definition) is 1. The number of carbonyl (C=O) groups is 1. The molecule has 0 bridgehead atoms. The van der Waals surface area contributed by atoms with Crippen LogP contribution < -0.4 is 4.74 Å². The van der Waals surface area contributed by atoms with Gasteiger partial charge in [-0.3, -0.25) is 4.79 Å². The predicted molar refractivity (Wildman–Crippen MR) is 92.2 cm³/mol. The number of methoxy groups -OCH3 is 1. The van der Waals surface area contributed by atoms with Crippen molar-refractivity contribution in [1.29, 1.82) is 0 Å². The van der Waals surface area contributed by atoms with Crippen LogP contribution >= 0.6 is 0 Å². The second-order valence-corrected chi connectivity index (χ2v) is 6.38. The van der Waals surface area contributed by atoms with E-state index in [0.29, 0.717) is 43.8 Å². The molecular formula is C20H21FO4. The molecule has 0 radical (unpaired) electrons. The summed E-state index contributed by atoms with van der Waals surface area (Å²) in [6.45, 7) is 0.884. The fourth-order valence-electron chi connectivity index (χ4n) is 3.42. The van der Waals surface area contributed by atoms with Crippen molar-refractivity contribution < 1.29 is 23.8 Å². The molecule has 1 saturated heterocycles. The van der Waals surface area contributed by atoms with Gasteiger partial charge in [0.05, 0.1) is 12.5 Å². The minimum atomic E-state index is -0.852. The Kier molecular flexibility index (Phi) is 5.04. The smallest absolute Gasteiger partial charge is 0.310 e. The van der Waals surface area contributed by atoms with E-state index in [2.05, 4.69) is 0 Å². The summed E-state index contributed by atoms with van der Waals surface area (Å²) in [4.78, 5) is 12.0. The summed E-state index contributed by atoms with van der Waals surface area (Å²) in [7, 11) is 1.54. The summed E-state index contributed by atoms with van der Waals surface area (Å²) in [5.41, 5.74) is 1.45. The highest BCUT2D eigenvalue weighted by molar-refractivity contribution is 5.78. The van der Waals surface area contributed by atoms with Crippen molar-refractivity contribution in [3.63, 3.8) is 0 Å². The Bertz CT molecular complexity index is 766. The van der Waals surface area contributed by atoms with Gasteiger partial charge in [-0.2, -0.15) is 0 Å². The summed E-state index contributed by atoms with van der Waals surface area (Å²) < 4.78 is 24.5. The molecule has 1 aliphatic heterocycles. The summed E-state index contributed by atoms with van der Waals surface area (Å²) in [5.74, 6) is -0.605. The number of carboxylic acid groups (broad SMARTS) is 1. The number of halogens is 1. The minimum Gasteiger partial charge on any atom is -0.496 e. The fourth-order valence-corrected chi connectivity index (χ4v) is 3.42. The van der Waals surface area contributed by atoms with E-state index in [9.17, 15) is 14.3 Å². The Labute approximate surface area is 146 Å². The molecule has 5 heteroatoms. The fraction of sp³-hybridized carbons (Fsp3) is 0.350. The SMILES string of the molecule is COc1ccc(F)cc1-c1ccccc1CC1(C(=O)O)CCOCC1. The number of rotatable bonds is 5. The first-order valence-electron chi connectivity index (χ1n) is 8.29. The molecule has 0 atom stereocenters. The van der Waals surface area contributed by atoms with Crippen LogP contribution in [0, 0.1) is 11.2 Å². The van der Waals surface area contributed by atoms with Gasteiger partial charge < -0.3 is 14.6 Å². The Balaban J connectivity index is 2.05. The molecule has 1 fully saturated rings. The van der Waals surface area contributed by atoms with Gasteiger partial charge in [-0.1, -0.05) is 24.3 Å². The summed E-state index contributed by atoms with van der Waals surface area (Å²) >= 11 is 0. The third kappa shape index (κ3) is 3.51. The molecule has 0 aliphatic carbocycles. The molecule has 25 heavy (non-hydrogen) atoms. The van der Waals surface area contributed by atoms with Gasteiger partial charge in [0.1, 0.15) is 11.6 Å². The molecule has 1 heterocycles. The van der Waals surface area contributed by atoms with Crippen LogP contribution in [0.25, 0.3) is 11.1 Å². The lowest BCUT2D eigenvalue weighted by Crippen LogP contribution is -2.39. The van der Waals surface area contributed by atoms with Crippen LogP contribution in [0.2, 0.25) is 0 Å². The minimum absolute atomic E-state index is 0.357. The molecule has 1 aliphatic rings. The molecule has 1 N–H and O–H groups in total. The zero-order valence-electron chi connectivity index (χ0n) is 14.1. The maximum atomic E-state index is 13.8. The van der Waals surface area contributed by atoms with Crippen LogP contribution in [0.4, 0.5) is 4.39 Å². The van der Waals surface area contributed by atoms with Crippen LogP contribution in [0.5, 0.6) is 5.75 Å². The van der Waals surface area contributed by atoms with Gasteiger partial charge in [-0.25, -0.2) is 4.39 Å². The molecule has 132 valence electrons. The van der Waals surface area contributed by atoms with Crippen molar-refractivity contribution in [1.82, 2.24) is 0 Å². The Morgan fingerprint density at radius 2 is 1.92 bits per heavy atom. The van der Waals surface area contributed by atoms with Gasteiger partial charge in [0.2, 0.25) is 0 Å². The van der Waals surface area contributed by atoms with E-state index in [1.165, 1.54) is 19.2 Å². The van der Waals surface area contributed by atoms with E-state index >= 15 is 0 Å². The van der Waals surface area contributed by atoms with Crippen LogP contribution in [-0.2, 0) is 16.0 Å². The average Bonchev–Trinajstić information content (AvgIpc) is 2.63. The second kappa shape index (κ2) is 7.23. The quantitative estimate of drug-likeness (QED) is 0.893. The molecule has 4 nitrogen and oxygen atoms in total. The average molecular weight is 344 g/mol. The molecule has 0 aromatic heterocycles. The predicted octanol–water partition coefficient (Wildman–Crippen LogP) is 3.93. The number of carboxylic acids is 1. The highest BCUT2D eigenvalue weighted by Gasteiger charge is 2.40. The topological polar surface area (TPSA) is 55.8 Å². The zero-order chi connectivity index (χ0) is 17.9. The summed E-state index contributed by atoms with van der Waals surface area (Å²) in [6, 6.07) is 11.9. The monoisotopic (exact) mass is 344 g/mol. The van der Waals surface area contributed by atoms with Gasteiger partial charge in [-0.15, -0.1) is 0 Å². The molecule has 0 amide bonds. The van der Waals surface area contributed by atoms with Gasteiger partial charge in [0.25, 0.3) is 0 Å². The van der Waals surface area contributed by atoms with E-state index in [-0.39, 0.29) is 5.82 Å². The Morgan fingerprint density at radius 1 is 1.20 bits per heavy atom. The van der Waals surface area contributed by atoms with E-state index in [4.69, 9.17) is 9.47 Å². The van der Waals surface area contributed by atoms with Crippen molar-refractivity contribution in [3.05, 3.63) is 53.8 Å². The van der Waals surface area contributed by atoms with Crippen LogP contribution in [0.3, 0.4) is 0 Å². The largest absolute Gasteiger partial charge is 0.496 e. The Morgan fingerprint density at radius 3 is 2.60 bits per heavy atom. The lowest BCUT2D eigenvalue weighted by atomic mass is 9.74. The summed E-state index contributed by atoms with van der Waals surface area (Å²) in [6.07, 6.45) is 1.31. The summed E-state index contributed by atoms with van der Waals surface area (Å²) in [5, 5.41) is 9.82. The first-order valence-corrected chi connectivity index (χ1v) is 8.29. The lowest BCUT2D eigenvalue weighted by Gasteiger charge is -2.33. The molecule has 2 aromatic rings. The number of benzene rings is 2. The van der Waals surface area contributed by atoms with E-state index < -0.39 is 11.4 Å². The first-order chi connectivity index (χ1) is 12.1. The molecule has 3 rings (SSSR count). The highest BCUT2D eigenvalue weighted by Crippen LogP contribution is 2.39. The maximum Gasteiger partial charge on any atom is 0.310 e. The zero-order valence-corrected chi connectivity index (χ0v) is 14.1. The van der Waals surface area contributed by atoms with Gasteiger partial charge in [0, 0.05) is 18.8 Å². The van der Waals surface area contributed by atoms with E-state index in [1.807, 2.05) is 24.3 Å². The molecule has 0 spiro atoms. The van der Waals surface area contributed by atoms with Crippen LogP contribution in [-0.4, -0.2) is 31.4 Å². The van der Waals surface area contributed by atoms with Gasteiger partial charge in [-0.05, 0) is 48.6 Å². The molecule has 0 unspecified atom stereocenters. The van der Waals surface area contributed by atoms with E-state index in [0.717, 1.165) is 11.1 Å². The Hall–Kier alpha value is -2.40. The normalized spacial score (nSPS) is 16.4. The number of ether oxygens (including phenoxy) is 2. The van der Waals surface area contributed by atoms with Crippen molar-refractivity contribution in [2.75, 3.05) is 20.3 Å². The second-order valence-electron chi connectivity index (χ2n) is 6.38. The van der Waals surface area contributed by atoms with Gasteiger partial charge in [0.15, 0.2) is 0 Å². The van der Waals surface area contributed by atoms with Crippen molar-refractivity contribution in [2.45, 2.75) is 19.3 Å². The standard InChI is InChI=1S/C20H21FO4/c1-24-18-7-6-15(21)12-17(18)16-5-3-2-4-14(16)13-20(19(22)23)8-10-25-11-9-20/h2-7,12H,8-11,13H2,1H3,(H,22,23). The van der Waals surface area contributed by atoms with Crippen LogP contribution in [0.15, 0.2) is 42.5 Å². The van der Waals surface area contributed by atoms with Crippen LogP contribution in [0.1, 0.15) is 18.4 Å². The maximum absolute atomic E-state index is 13.8. The highest BCUT2D eigenvalue weighted by atomic mass is 19.1. The third-order valence-electron chi connectivity index (χ3n) is 4.90. The van der Waals surface area contributed by atoms with Crippen molar-refractivity contribution in [2.24, 2.45) is 5.41 Å². The molecular weight excluding hydrogens is 323 g/mol. The van der Waals surface area contributed by atoms with Crippen molar-refractivity contribution >= 4 is 5.97 Å². The number of hydrogen-bond acceptors (Lipinski definition) is 3. The lowest BCUT2D eigenvalue weighted by molar-refractivity contribution is -0.154. The molecule has 2 aromatic carbocycles. The first kappa shape index (κ1) is 17.4. The number of aliphatic carboxylic acids is 1. The van der Waals surface area contributed by atoms with Gasteiger partial charge >= 0.3 is 5.97 Å². The van der Waals surface area contributed by atoms with Crippen molar-refractivity contribution in [3.8, 4) is 16.9 Å².